The highest BCUT2D eigenvalue weighted by Gasteiger charge is 2.38. The molecule has 1 aromatic heterocycles. The van der Waals surface area contributed by atoms with Crippen LogP contribution in [0.5, 0.6) is 0 Å². The molecule has 0 saturated heterocycles. The summed E-state index contributed by atoms with van der Waals surface area (Å²) >= 11 is 1.90. The fourth-order valence-corrected chi connectivity index (χ4v) is 3.82. The van der Waals surface area contributed by atoms with Gasteiger partial charge in [-0.1, -0.05) is 26.7 Å². The van der Waals surface area contributed by atoms with E-state index in [4.69, 9.17) is 4.98 Å². The lowest BCUT2D eigenvalue weighted by molar-refractivity contribution is 0.275. The van der Waals surface area contributed by atoms with Crippen molar-refractivity contribution in [1.82, 2.24) is 10.3 Å². The van der Waals surface area contributed by atoms with E-state index in [1.165, 1.54) is 54.1 Å². The maximum atomic E-state index is 4.86. The normalized spacial score (nSPS) is 16.2. The van der Waals surface area contributed by atoms with E-state index in [9.17, 15) is 0 Å². The van der Waals surface area contributed by atoms with Crippen molar-refractivity contribution in [1.29, 1.82) is 0 Å². The molecule has 1 aliphatic carbocycles. The van der Waals surface area contributed by atoms with Crippen LogP contribution in [-0.2, 0) is 5.54 Å². The van der Waals surface area contributed by atoms with E-state index in [0.717, 1.165) is 6.04 Å². The second-order valence-electron chi connectivity index (χ2n) is 5.66. The van der Waals surface area contributed by atoms with Crippen LogP contribution >= 0.6 is 11.3 Å². The van der Waals surface area contributed by atoms with E-state index in [2.05, 4.69) is 33.0 Å². The molecule has 0 aromatic carbocycles. The summed E-state index contributed by atoms with van der Waals surface area (Å²) < 4.78 is 0. The van der Waals surface area contributed by atoms with Crippen LogP contribution in [0.3, 0.4) is 0 Å². The van der Waals surface area contributed by atoms with Crippen LogP contribution in [0.25, 0.3) is 0 Å². The Hall–Kier alpha value is -0.410. The predicted molar refractivity (Wildman–Crippen MR) is 79.2 cm³/mol. The molecular weight excluding hydrogens is 240 g/mol. The van der Waals surface area contributed by atoms with E-state index >= 15 is 0 Å². The first-order valence-corrected chi connectivity index (χ1v) is 8.15. The summed E-state index contributed by atoms with van der Waals surface area (Å²) in [6.07, 6.45) is 7.55. The Morgan fingerprint density at radius 2 is 1.83 bits per heavy atom. The van der Waals surface area contributed by atoms with Gasteiger partial charge in [-0.25, -0.2) is 4.98 Å². The van der Waals surface area contributed by atoms with Crippen molar-refractivity contribution in [3.05, 3.63) is 15.6 Å². The minimum absolute atomic E-state index is 0.147. The number of hydrogen-bond donors (Lipinski definition) is 1. The highest BCUT2D eigenvalue weighted by molar-refractivity contribution is 7.11. The third-order valence-corrected chi connectivity index (χ3v) is 5.13. The molecule has 2 nitrogen and oxygen atoms in total. The molecular formula is C15H26N2S. The van der Waals surface area contributed by atoms with Crippen molar-refractivity contribution in [3.63, 3.8) is 0 Å². The van der Waals surface area contributed by atoms with Gasteiger partial charge in [0.15, 0.2) is 0 Å². The quantitative estimate of drug-likeness (QED) is 0.795. The molecule has 2 rings (SSSR count). The first kappa shape index (κ1) is 14.0. The van der Waals surface area contributed by atoms with E-state index in [1.807, 2.05) is 11.3 Å². The molecule has 0 amide bonds. The highest BCUT2D eigenvalue weighted by atomic mass is 32.1. The third-order valence-electron chi connectivity index (χ3n) is 3.85. The van der Waals surface area contributed by atoms with Crippen molar-refractivity contribution >= 4 is 11.3 Å². The van der Waals surface area contributed by atoms with Gasteiger partial charge in [0.1, 0.15) is 5.01 Å². The summed E-state index contributed by atoms with van der Waals surface area (Å²) in [6.45, 7) is 8.89. The van der Waals surface area contributed by atoms with Gasteiger partial charge in [-0.05, 0) is 39.5 Å². The van der Waals surface area contributed by atoms with Gasteiger partial charge in [-0.2, -0.15) is 0 Å². The summed E-state index contributed by atoms with van der Waals surface area (Å²) in [5, 5.41) is 5.24. The van der Waals surface area contributed by atoms with Gasteiger partial charge in [-0.15, -0.1) is 11.3 Å². The van der Waals surface area contributed by atoms with Crippen molar-refractivity contribution in [2.24, 2.45) is 0 Å². The first-order valence-electron chi connectivity index (χ1n) is 7.33. The lowest BCUT2D eigenvalue weighted by Crippen LogP contribution is -2.43. The predicted octanol–water partition coefficient (Wildman–Crippen LogP) is 4.31. The molecule has 0 unspecified atom stereocenters. The van der Waals surface area contributed by atoms with Crippen molar-refractivity contribution < 1.29 is 0 Å². The fraction of sp³-hybridized carbons (Fsp3) is 0.800. The molecule has 0 spiro atoms. The second kappa shape index (κ2) is 5.70. The van der Waals surface area contributed by atoms with Crippen LogP contribution in [0.15, 0.2) is 0 Å². The molecule has 3 heteroatoms. The average Bonchev–Trinajstić information content (AvgIpc) is 3.06. The molecule has 0 bridgehead atoms. The molecule has 18 heavy (non-hydrogen) atoms. The smallest absolute Gasteiger partial charge is 0.113 e. The molecule has 1 aliphatic rings. The van der Waals surface area contributed by atoms with E-state index in [0.29, 0.717) is 0 Å². The zero-order valence-corrected chi connectivity index (χ0v) is 13.0. The lowest BCUT2D eigenvalue weighted by Gasteiger charge is -2.33. The zero-order valence-electron chi connectivity index (χ0n) is 12.2. The second-order valence-corrected chi connectivity index (χ2v) is 6.86. The highest BCUT2D eigenvalue weighted by Crippen LogP contribution is 2.38. The largest absolute Gasteiger partial charge is 0.303 e. The molecule has 1 fully saturated rings. The zero-order chi connectivity index (χ0) is 13.2. The molecule has 0 atom stereocenters. The number of aryl methyl sites for hydroxylation is 2. The molecule has 102 valence electrons. The monoisotopic (exact) mass is 266 g/mol. The molecule has 0 aliphatic heterocycles. The minimum atomic E-state index is 0.147. The number of thiazole rings is 1. The maximum Gasteiger partial charge on any atom is 0.113 e. The summed E-state index contributed by atoms with van der Waals surface area (Å²) in [7, 11) is 0. The van der Waals surface area contributed by atoms with Crippen LogP contribution in [0, 0.1) is 13.8 Å². The number of nitrogens with one attached hydrogen (secondary N) is 1. The summed E-state index contributed by atoms with van der Waals surface area (Å²) in [5.41, 5.74) is 1.36. The SMILES string of the molecule is CCCC(CCC)(NC1CC1)c1nc(C)c(C)s1. The number of hydrogen-bond acceptors (Lipinski definition) is 3. The van der Waals surface area contributed by atoms with Crippen LogP contribution < -0.4 is 5.32 Å². The Morgan fingerprint density at radius 1 is 1.22 bits per heavy atom. The molecule has 0 radical (unpaired) electrons. The van der Waals surface area contributed by atoms with Gasteiger partial charge < -0.3 is 5.32 Å². The Morgan fingerprint density at radius 3 is 2.22 bits per heavy atom. The Labute approximate surface area is 115 Å². The molecule has 1 heterocycles. The van der Waals surface area contributed by atoms with Crippen LogP contribution in [0.4, 0.5) is 0 Å². The van der Waals surface area contributed by atoms with Crippen molar-refractivity contribution in [3.8, 4) is 0 Å². The van der Waals surface area contributed by atoms with E-state index < -0.39 is 0 Å². The first-order chi connectivity index (χ1) is 8.61. The number of aromatic nitrogens is 1. The standard InChI is InChI=1S/C15H26N2S/c1-5-9-15(10-6-2,17-13-7-8-13)14-16-11(3)12(4)18-14/h13,17H,5-10H2,1-4H3. The topological polar surface area (TPSA) is 24.9 Å². The van der Waals surface area contributed by atoms with Gasteiger partial charge in [0.2, 0.25) is 0 Å². The minimum Gasteiger partial charge on any atom is -0.303 e. The van der Waals surface area contributed by atoms with E-state index in [-0.39, 0.29) is 5.54 Å². The van der Waals surface area contributed by atoms with Crippen molar-refractivity contribution in [2.75, 3.05) is 0 Å². The molecule has 1 aromatic rings. The van der Waals surface area contributed by atoms with Gasteiger partial charge >= 0.3 is 0 Å². The lowest BCUT2D eigenvalue weighted by atomic mass is 9.89. The third kappa shape index (κ3) is 2.94. The van der Waals surface area contributed by atoms with E-state index in [1.54, 1.807) is 0 Å². The Bertz CT molecular complexity index is 368. The Kier molecular flexibility index (Phi) is 4.44. The molecule has 1 N–H and O–H groups in total. The summed E-state index contributed by atoms with van der Waals surface area (Å²) in [4.78, 5) is 6.23. The Balaban J connectivity index is 2.29. The number of rotatable bonds is 7. The average molecular weight is 266 g/mol. The van der Waals surface area contributed by atoms with Gasteiger partial charge in [0.25, 0.3) is 0 Å². The van der Waals surface area contributed by atoms with Gasteiger partial charge in [0.05, 0.1) is 11.2 Å². The van der Waals surface area contributed by atoms with Gasteiger partial charge in [-0.3, -0.25) is 0 Å². The van der Waals surface area contributed by atoms with Crippen LogP contribution in [0.1, 0.15) is 68.0 Å². The maximum absolute atomic E-state index is 4.86. The van der Waals surface area contributed by atoms with Crippen LogP contribution in [0.2, 0.25) is 0 Å². The number of nitrogens with zero attached hydrogens (tertiary/aromatic N) is 1. The summed E-state index contributed by atoms with van der Waals surface area (Å²) in [5.74, 6) is 0. The molecule has 1 saturated carbocycles. The van der Waals surface area contributed by atoms with Crippen molar-refractivity contribution in [2.45, 2.75) is 77.8 Å². The fourth-order valence-electron chi connectivity index (χ4n) is 2.69. The summed E-state index contributed by atoms with van der Waals surface area (Å²) in [6, 6.07) is 0.743. The van der Waals surface area contributed by atoms with Crippen LogP contribution in [-0.4, -0.2) is 11.0 Å². The van der Waals surface area contributed by atoms with Gasteiger partial charge in [0, 0.05) is 10.9 Å².